The number of hydrogen-bond donors (Lipinski definition) is 2. The van der Waals surface area contributed by atoms with E-state index in [1.807, 2.05) is 45.0 Å². The van der Waals surface area contributed by atoms with E-state index in [1.54, 1.807) is 12.3 Å². The molecule has 0 fully saturated rings. The van der Waals surface area contributed by atoms with Gasteiger partial charge in [0.05, 0.1) is 5.69 Å². The first kappa shape index (κ1) is 15.9. The smallest absolute Gasteiger partial charge is 0.170 e. The number of para-hydroxylation sites is 1. The van der Waals surface area contributed by atoms with E-state index in [1.165, 1.54) is 0 Å². The summed E-state index contributed by atoms with van der Waals surface area (Å²) in [6, 6.07) is 9.24. The molecule has 2 rings (SSSR count). The molecule has 0 bridgehead atoms. The number of hydrogen-bond acceptors (Lipinski definition) is 3. The molecule has 1 aromatic carbocycles. The highest BCUT2D eigenvalue weighted by Crippen LogP contribution is 2.26. The molecule has 5 heteroatoms. The summed E-state index contributed by atoms with van der Waals surface area (Å²) in [6.45, 7) is 6.60. The fourth-order valence-electron chi connectivity index (χ4n) is 1.76. The van der Waals surface area contributed by atoms with Gasteiger partial charge in [0, 0.05) is 28.3 Å². The number of halogens is 2. The number of nitrogens with zero attached hydrogens (tertiary/aromatic N) is 1. The Morgan fingerprint density at radius 2 is 1.90 bits per heavy atom. The zero-order valence-corrected chi connectivity index (χ0v) is 14.0. The van der Waals surface area contributed by atoms with E-state index in [-0.39, 0.29) is 17.2 Å². The van der Waals surface area contributed by atoms with E-state index >= 15 is 0 Å². The third-order valence-electron chi connectivity index (χ3n) is 2.91. The van der Waals surface area contributed by atoms with Gasteiger partial charge in [-0.15, -0.1) is 0 Å². The molecule has 2 N–H and O–H groups in total. The fraction of sp³-hybridized carbons (Fsp3) is 0.312. The largest absolute Gasteiger partial charge is 0.337 e. The van der Waals surface area contributed by atoms with Gasteiger partial charge in [0.25, 0.3) is 0 Å². The van der Waals surface area contributed by atoms with Crippen molar-refractivity contribution >= 4 is 27.4 Å². The summed E-state index contributed by atoms with van der Waals surface area (Å²) < 4.78 is 15.4. The van der Waals surface area contributed by atoms with Crippen molar-refractivity contribution in [3.05, 3.63) is 52.4 Å². The Morgan fingerprint density at radius 1 is 1.19 bits per heavy atom. The van der Waals surface area contributed by atoms with Crippen LogP contribution in [0.4, 0.5) is 15.9 Å². The SMILES string of the molecule is CC(C)(C)NCc1ccnc(Nc2ccccc2Br)c1F. The second-order valence-electron chi connectivity index (χ2n) is 5.84. The van der Waals surface area contributed by atoms with E-state index in [0.717, 1.165) is 10.2 Å². The number of aromatic nitrogens is 1. The summed E-state index contributed by atoms with van der Waals surface area (Å²) in [5.74, 6) is -0.0971. The number of pyridine rings is 1. The van der Waals surface area contributed by atoms with Crippen molar-refractivity contribution in [3.63, 3.8) is 0 Å². The lowest BCUT2D eigenvalue weighted by atomic mass is 10.1. The van der Waals surface area contributed by atoms with Crippen LogP contribution < -0.4 is 10.6 Å². The highest BCUT2D eigenvalue weighted by molar-refractivity contribution is 9.10. The number of benzene rings is 1. The van der Waals surface area contributed by atoms with Gasteiger partial charge in [-0.25, -0.2) is 9.37 Å². The highest BCUT2D eigenvalue weighted by Gasteiger charge is 2.14. The molecule has 0 amide bonds. The first-order valence-electron chi connectivity index (χ1n) is 6.77. The number of rotatable bonds is 4. The minimum absolute atomic E-state index is 0.0637. The molecule has 1 heterocycles. The normalized spacial score (nSPS) is 11.5. The molecular weight excluding hydrogens is 333 g/mol. The summed E-state index contributed by atoms with van der Waals surface area (Å²) in [4.78, 5) is 4.09. The van der Waals surface area contributed by atoms with Crippen molar-refractivity contribution < 1.29 is 4.39 Å². The molecule has 0 aliphatic heterocycles. The van der Waals surface area contributed by atoms with Crippen molar-refractivity contribution in [2.45, 2.75) is 32.9 Å². The molecule has 0 radical (unpaired) electrons. The second kappa shape index (κ2) is 6.54. The molecule has 0 saturated heterocycles. The summed E-state index contributed by atoms with van der Waals surface area (Å²) in [5, 5.41) is 6.29. The van der Waals surface area contributed by atoms with Crippen LogP contribution in [0.5, 0.6) is 0 Å². The van der Waals surface area contributed by atoms with E-state index in [2.05, 4.69) is 31.5 Å². The van der Waals surface area contributed by atoms with E-state index in [0.29, 0.717) is 12.1 Å². The molecular formula is C16H19BrFN3. The zero-order valence-electron chi connectivity index (χ0n) is 12.4. The molecule has 112 valence electrons. The Morgan fingerprint density at radius 3 is 2.57 bits per heavy atom. The van der Waals surface area contributed by atoms with Crippen molar-refractivity contribution in [1.29, 1.82) is 0 Å². The lowest BCUT2D eigenvalue weighted by Gasteiger charge is -2.21. The Balaban J connectivity index is 2.20. The van der Waals surface area contributed by atoms with Crippen LogP contribution in [0.15, 0.2) is 41.0 Å². The fourth-order valence-corrected chi connectivity index (χ4v) is 2.14. The lowest BCUT2D eigenvalue weighted by molar-refractivity contribution is 0.418. The minimum Gasteiger partial charge on any atom is -0.337 e. The molecule has 0 aliphatic carbocycles. The van der Waals surface area contributed by atoms with Crippen LogP contribution >= 0.6 is 15.9 Å². The third kappa shape index (κ3) is 4.51. The minimum atomic E-state index is -0.329. The van der Waals surface area contributed by atoms with E-state index in [4.69, 9.17) is 0 Å². The van der Waals surface area contributed by atoms with Crippen LogP contribution in [0.3, 0.4) is 0 Å². The molecule has 0 atom stereocenters. The average Bonchev–Trinajstić information content (AvgIpc) is 2.41. The molecule has 2 aromatic rings. The van der Waals surface area contributed by atoms with Crippen molar-refractivity contribution in [3.8, 4) is 0 Å². The van der Waals surface area contributed by atoms with Gasteiger partial charge < -0.3 is 10.6 Å². The maximum absolute atomic E-state index is 14.5. The van der Waals surface area contributed by atoms with Gasteiger partial charge in [0.2, 0.25) is 0 Å². The third-order valence-corrected chi connectivity index (χ3v) is 3.60. The van der Waals surface area contributed by atoms with Crippen LogP contribution in [0.25, 0.3) is 0 Å². The number of anilines is 2. The van der Waals surface area contributed by atoms with Gasteiger partial charge in [-0.1, -0.05) is 12.1 Å². The zero-order chi connectivity index (χ0) is 15.5. The summed E-state index contributed by atoms with van der Waals surface area (Å²) in [6.07, 6.45) is 1.61. The van der Waals surface area contributed by atoms with Gasteiger partial charge >= 0.3 is 0 Å². The van der Waals surface area contributed by atoms with Crippen molar-refractivity contribution in [2.24, 2.45) is 0 Å². The highest BCUT2D eigenvalue weighted by atomic mass is 79.9. The molecule has 0 unspecified atom stereocenters. The van der Waals surface area contributed by atoms with E-state index < -0.39 is 0 Å². The van der Waals surface area contributed by atoms with Gasteiger partial charge in [-0.2, -0.15) is 0 Å². The average molecular weight is 352 g/mol. The number of nitrogens with one attached hydrogen (secondary N) is 2. The predicted molar refractivity (Wildman–Crippen MR) is 88.2 cm³/mol. The van der Waals surface area contributed by atoms with Gasteiger partial charge in [-0.3, -0.25) is 0 Å². The Labute approximate surface area is 133 Å². The summed E-state index contributed by atoms with van der Waals surface area (Å²) in [5.41, 5.74) is 1.31. The molecule has 0 aliphatic rings. The van der Waals surface area contributed by atoms with Crippen LogP contribution in [-0.4, -0.2) is 10.5 Å². The molecule has 0 spiro atoms. The van der Waals surface area contributed by atoms with Crippen LogP contribution in [0.1, 0.15) is 26.3 Å². The van der Waals surface area contributed by atoms with Gasteiger partial charge in [-0.05, 0) is 54.9 Å². The van der Waals surface area contributed by atoms with Gasteiger partial charge in [0.1, 0.15) is 0 Å². The maximum atomic E-state index is 14.5. The van der Waals surface area contributed by atoms with Gasteiger partial charge in [0.15, 0.2) is 11.6 Å². The van der Waals surface area contributed by atoms with Crippen LogP contribution in [0, 0.1) is 5.82 Å². The maximum Gasteiger partial charge on any atom is 0.170 e. The Hall–Kier alpha value is -1.46. The monoisotopic (exact) mass is 351 g/mol. The molecule has 3 nitrogen and oxygen atoms in total. The van der Waals surface area contributed by atoms with Crippen LogP contribution in [-0.2, 0) is 6.54 Å². The lowest BCUT2D eigenvalue weighted by Crippen LogP contribution is -2.35. The van der Waals surface area contributed by atoms with E-state index in [9.17, 15) is 4.39 Å². The molecule has 0 saturated carbocycles. The summed E-state index contributed by atoms with van der Waals surface area (Å²) >= 11 is 3.43. The standard InChI is InChI=1S/C16H19BrFN3/c1-16(2,3)20-10-11-8-9-19-15(14(11)18)21-13-7-5-4-6-12(13)17/h4-9,20H,10H2,1-3H3,(H,19,21). The molecule has 1 aromatic heterocycles. The topological polar surface area (TPSA) is 37.0 Å². The first-order chi connectivity index (χ1) is 9.87. The quantitative estimate of drug-likeness (QED) is 0.843. The predicted octanol–water partition coefficient (Wildman–Crippen LogP) is 4.61. The second-order valence-corrected chi connectivity index (χ2v) is 6.70. The summed E-state index contributed by atoms with van der Waals surface area (Å²) in [7, 11) is 0. The Kier molecular flexibility index (Phi) is 4.96. The van der Waals surface area contributed by atoms with Crippen molar-refractivity contribution in [2.75, 3.05) is 5.32 Å². The van der Waals surface area contributed by atoms with Crippen LogP contribution in [0.2, 0.25) is 0 Å². The molecule has 21 heavy (non-hydrogen) atoms. The van der Waals surface area contributed by atoms with Crippen molar-refractivity contribution in [1.82, 2.24) is 10.3 Å². The Bertz CT molecular complexity index is 623. The first-order valence-corrected chi connectivity index (χ1v) is 7.56.